The van der Waals surface area contributed by atoms with Crippen molar-refractivity contribution in [2.45, 2.75) is 0 Å². The van der Waals surface area contributed by atoms with Gasteiger partial charge in [-0.3, -0.25) is 13.9 Å². The van der Waals surface area contributed by atoms with Crippen LogP contribution in [0.3, 0.4) is 0 Å². The summed E-state index contributed by atoms with van der Waals surface area (Å²) in [6.45, 7) is -0.734. The molecule has 0 aliphatic rings. The lowest BCUT2D eigenvalue weighted by Crippen LogP contribution is -2.38. The minimum Gasteiger partial charge on any atom is -0.484 e. The Labute approximate surface area is 242 Å². The number of carbonyl (C=O) groups is 2. The lowest BCUT2D eigenvalue weighted by Gasteiger charge is -2.21. The van der Waals surface area contributed by atoms with Gasteiger partial charge in [-0.05, 0) is 90.5 Å². The van der Waals surface area contributed by atoms with Gasteiger partial charge >= 0.3 is 0 Å². The van der Waals surface area contributed by atoms with E-state index in [9.17, 15) is 22.4 Å². The van der Waals surface area contributed by atoms with E-state index in [-0.39, 0.29) is 6.61 Å². The highest BCUT2D eigenvalue weighted by molar-refractivity contribution is 7.92. The maximum absolute atomic E-state index is 13.0. The van der Waals surface area contributed by atoms with Crippen LogP contribution in [0.5, 0.6) is 17.2 Å². The van der Waals surface area contributed by atoms with Gasteiger partial charge in [0.15, 0.2) is 6.61 Å². The Bertz CT molecular complexity index is 1630. The van der Waals surface area contributed by atoms with E-state index in [4.69, 9.17) is 9.47 Å². The van der Waals surface area contributed by atoms with Crippen molar-refractivity contribution in [1.29, 1.82) is 0 Å². The molecular formula is C30H27FN4O6S. The normalized spacial score (nSPS) is 11.1. The molecule has 0 bridgehead atoms. The number of halogens is 1. The Kier molecular flexibility index (Phi) is 9.85. The smallest absolute Gasteiger partial charge is 0.262 e. The molecule has 0 radical (unpaired) electrons. The van der Waals surface area contributed by atoms with Crippen molar-refractivity contribution in [2.75, 3.05) is 29.0 Å². The third-order valence-electron chi connectivity index (χ3n) is 5.57. The van der Waals surface area contributed by atoms with E-state index in [2.05, 4.69) is 15.8 Å². The molecule has 0 heterocycles. The standard InChI is InChI=1S/C30H27FN4O6S/c1-42(38,39)35(25-13-17-28(18-14-25)41-27-5-3-2-4-6-27)20-29(36)34-32-19-22-7-15-26(16-8-22)40-21-30(37)33-24-11-9-23(31)10-12-24/h2-19H,20-21H2,1H3,(H,33,37)(H,34,36)/b32-19-. The highest BCUT2D eigenvalue weighted by Gasteiger charge is 2.21. The van der Waals surface area contributed by atoms with E-state index in [1.54, 1.807) is 60.7 Å². The first-order chi connectivity index (χ1) is 20.2. The number of para-hydroxylation sites is 1. The maximum atomic E-state index is 13.0. The molecule has 0 saturated heterocycles. The molecule has 4 rings (SSSR count). The van der Waals surface area contributed by atoms with Gasteiger partial charge in [-0.25, -0.2) is 18.2 Å². The molecule has 0 unspecified atom stereocenters. The summed E-state index contributed by atoms with van der Waals surface area (Å²) in [5, 5.41) is 6.49. The number of anilines is 2. The van der Waals surface area contributed by atoms with Crippen molar-refractivity contribution in [3.8, 4) is 17.2 Å². The third-order valence-corrected chi connectivity index (χ3v) is 6.71. The van der Waals surface area contributed by atoms with E-state index >= 15 is 0 Å². The van der Waals surface area contributed by atoms with Gasteiger partial charge in [0.1, 0.15) is 29.6 Å². The SMILES string of the molecule is CS(=O)(=O)N(CC(=O)N/N=C\c1ccc(OCC(=O)Nc2ccc(F)cc2)cc1)c1ccc(Oc2ccccc2)cc1. The average Bonchev–Trinajstić information content (AvgIpc) is 2.97. The van der Waals surface area contributed by atoms with Crippen LogP contribution < -0.4 is 24.5 Å². The first-order valence-electron chi connectivity index (χ1n) is 12.6. The van der Waals surface area contributed by atoms with Gasteiger partial charge < -0.3 is 14.8 Å². The van der Waals surface area contributed by atoms with Crippen LogP contribution >= 0.6 is 0 Å². The number of nitrogens with zero attached hydrogens (tertiary/aromatic N) is 2. The van der Waals surface area contributed by atoms with Gasteiger partial charge in [-0.15, -0.1) is 0 Å². The molecule has 0 aliphatic heterocycles. The number of hydrazone groups is 1. The molecule has 0 saturated carbocycles. The molecule has 2 amide bonds. The maximum Gasteiger partial charge on any atom is 0.262 e. The number of sulfonamides is 1. The molecule has 216 valence electrons. The summed E-state index contributed by atoms with van der Waals surface area (Å²) < 4.78 is 49.9. The van der Waals surface area contributed by atoms with Crippen molar-refractivity contribution in [3.05, 3.63) is 115 Å². The molecule has 0 spiro atoms. The summed E-state index contributed by atoms with van der Waals surface area (Å²) in [4.78, 5) is 24.5. The number of ether oxygens (including phenoxy) is 2. The zero-order chi connectivity index (χ0) is 30.0. The van der Waals surface area contributed by atoms with Crippen molar-refractivity contribution < 1.29 is 31.9 Å². The van der Waals surface area contributed by atoms with Crippen molar-refractivity contribution in [1.82, 2.24) is 5.43 Å². The monoisotopic (exact) mass is 590 g/mol. The summed E-state index contributed by atoms with van der Waals surface area (Å²) in [5.41, 5.74) is 3.68. The highest BCUT2D eigenvalue weighted by atomic mass is 32.2. The van der Waals surface area contributed by atoms with Crippen LogP contribution in [0.15, 0.2) is 108 Å². The fourth-order valence-electron chi connectivity index (χ4n) is 3.58. The summed E-state index contributed by atoms with van der Waals surface area (Å²) in [6, 6.07) is 27.4. The first kappa shape index (κ1) is 29.7. The Morgan fingerprint density at radius 3 is 2.10 bits per heavy atom. The summed E-state index contributed by atoms with van der Waals surface area (Å²) in [5.74, 6) is 0.116. The Morgan fingerprint density at radius 1 is 0.833 bits per heavy atom. The molecule has 4 aromatic carbocycles. The van der Waals surface area contributed by atoms with Crippen LogP contribution in [0.4, 0.5) is 15.8 Å². The van der Waals surface area contributed by atoms with Crippen LogP contribution in [0, 0.1) is 5.82 Å². The lowest BCUT2D eigenvalue weighted by atomic mass is 10.2. The van der Waals surface area contributed by atoms with Crippen LogP contribution in [-0.2, 0) is 19.6 Å². The Balaban J connectivity index is 1.26. The fourth-order valence-corrected chi connectivity index (χ4v) is 4.44. The molecule has 0 fully saturated rings. The van der Waals surface area contributed by atoms with E-state index in [0.29, 0.717) is 34.2 Å². The van der Waals surface area contributed by atoms with Crippen LogP contribution in [0.1, 0.15) is 5.56 Å². The molecular weight excluding hydrogens is 563 g/mol. The predicted molar refractivity (Wildman–Crippen MR) is 158 cm³/mol. The second-order valence-corrected chi connectivity index (χ2v) is 10.8. The molecule has 4 aromatic rings. The second kappa shape index (κ2) is 13.9. The molecule has 10 nitrogen and oxygen atoms in total. The van der Waals surface area contributed by atoms with E-state index in [1.807, 2.05) is 18.2 Å². The number of amides is 2. The average molecular weight is 591 g/mol. The van der Waals surface area contributed by atoms with Crippen molar-refractivity contribution >= 4 is 39.4 Å². The van der Waals surface area contributed by atoms with Gasteiger partial charge in [0.2, 0.25) is 10.0 Å². The van der Waals surface area contributed by atoms with Crippen molar-refractivity contribution in [2.24, 2.45) is 5.10 Å². The minimum absolute atomic E-state index is 0.250. The fraction of sp³-hybridized carbons (Fsp3) is 0.100. The summed E-state index contributed by atoms with van der Waals surface area (Å²) in [6.07, 6.45) is 2.39. The van der Waals surface area contributed by atoms with Gasteiger partial charge in [0.05, 0.1) is 18.2 Å². The van der Waals surface area contributed by atoms with E-state index < -0.39 is 34.2 Å². The number of hydrogen-bond acceptors (Lipinski definition) is 7. The quantitative estimate of drug-likeness (QED) is 0.184. The van der Waals surface area contributed by atoms with E-state index in [0.717, 1.165) is 10.6 Å². The number of rotatable bonds is 12. The highest BCUT2D eigenvalue weighted by Crippen LogP contribution is 2.25. The molecule has 42 heavy (non-hydrogen) atoms. The predicted octanol–water partition coefficient (Wildman–Crippen LogP) is 4.55. The van der Waals surface area contributed by atoms with Gasteiger partial charge in [-0.2, -0.15) is 5.10 Å². The number of benzene rings is 4. The van der Waals surface area contributed by atoms with Gasteiger partial charge in [-0.1, -0.05) is 18.2 Å². The van der Waals surface area contributed by atoms with Gasteiger partial charge in [0.25, 0.3) is 11.8 Å². The molecule has 12 heteroatoms. The zero-order valence-electron chi connectivity index (χ0n) is 22.4. The number of nitrogens with one attached hydrogen (secondary N) is 2. The lowest BCUT2D eigenvalue weighted by molar-refractivity contribution is -0.119. The first-order valence-corrected chi connectivity index (χ1v) is 14.4. The second-order valence-electron chi connectivity index (χ2n) is 8.88. The Hall–Kier alpha value is -5.23. The van der Waals surface area contributed by atoms with Crippen LogP contribution in [0.25, 0.3) is 0 Å². The van der Waals surface area contributed by atoms with Gasteiger partial charge in [0, 0.05) is 5.69 Å². The molecule has 0 aliphatic carbocycles. The summed E-state index contributed by atoms with van der Waals surface area (Å²) >= 11 is 0. The molecule has 0 atom stereocenters. The van der Waals surface area contributed by atoms with Crippen LogP contribution in [-0.4, -0.2) is 45.9 Å². The third kappa shape index (κ3) is 9.17. The zero-order valence-corrected chi connectivity index (χ0v) is 23.3. The molecule has 0 aromatic heterocycles. The largest absolute Gasteiger partial charge is 0.484 e. The summed E-state index contributed by atoms with van der Waals surface area (Å²) in [7, 11) is -3.78. The van der Waals surface area contributed by atoms with Crippen LogP contribution in [0.2, 0.25) is 0 Å². The Morgan fingerprint density at radius 2 is 1.45 bits per heavy atom. The number of hydrogen-bond donors (Lipinski definition) is 2. The minimum atomic E-state index is -3.78. The molecule has 2 N–H and O–H groups in total. The number of carbonyl (C=O) groups excluding carboxylic acids is 2. The van der Waals surface area contributed by atoms with Crippen molar-refractivity contribution in [3.63, 3.8) is 0 Å². The van der Waals surface area contributed by atoms with E-state index in [1.165, 1.54) is 30.5 Å². The topological polar surface area (TPSA) is 126 Å².